The summed E-state index contributed by atoms with van der Waals surface area (Å²) in [6.45, 7) is 2.37. The lowest BCUT2D eigenvalue weighted by Gasteiger charge is -2.25. The standard InChI is InChI=1S/C23H21ClN2O4/c1-13-2-7-16(20(24)19(13)17-8-9-18(27)25-21(17)28)14-3-5-15(6-4-14)26-22(29)30-12-23(26)10-11-23/h2-7,17H,8-12H2,1H3,(H,25,27,28). The fourth-order valence-electron chi connectivity index (χ4n) is 4.51. The number of nitrogens with one attached hydrogen (secondary N) is 1. The number of amides is 3. The third-order valence-electron chi connectivity index (χ3n) is 6.37. The molecule has 2 aromatic rings. The van der Waals surface area contributed by atoms with Gasteiger partial charge in [-0.25, -0.2) is 4.79 Å². The summed E-state index contributed by atoms with van der Waals surface area (Å²) in [6.07, 6.45) is 2.37. The lowest BCUT2D eigenvalue weighted by molar-refractivity contribution is -0.134. The molecule has 1 atom stereocenters. The predicted molar refractivity (Wildman–Crippen MR) is 113 cm³/mol. The van der Waals surface area contributed by atoms with Gasteiger partial charge in [-0.15, -0.1) is 0 Å². The molecular formula is C23H21ClN2O4. The number of anilines is 1. The van der Waals surface area contributed by atoms with Crippen molar-refractivity contribution in [1.29, 1.82) is 0 Å². The molecule has 5 rings (SSSR count). The minimum Gasteiger partial charge on any atom is -0.447 e. The van der Waals surface area contributed by atoms with E-state index in [1.54, 1.807) is 4.90 Å². The SMILES string of the molecule is Cc1ccc(-c2ccc(N3C(=O)OCC34CC4)cc2)c(Cl)c1C1CCC(=O)NC1=O. The van der Waals surface area contributed by atoms with Gasteiger partial charge in [-0.2, -0.15) is 0 Å². The van der Waals surface area contributed by atoms with Crippen molar-refractivity contribution in [2.75, 3.05) is 11.5 Å². The third kappa shape index (κ3) is 2.98. The van der Waals surface area contributed by atoms with Gasteiger partial charge in [-0.05, 0) is 55.0 Å². The Morgan fingerprint density at radius 2 is 1.83 bits per heavy atom. The van der Waals surface area contributed by atoms with Gasteiger partial charge in [0.25, 0.3) is 0 Å². The molecule has 2 saturated heterocycles. The first-order valence-electron chi connectivity index (χ1n) is 10.1. The van der Waals surface area contributed by atoms with E-state index in [2.05, 4.69) is 5.32 Å². The number of hydrogen-bond acceptors (Lipinski definition) is 4. The van der Waals surface area contributed by atoms with Gasteiger partial charge in [0.2, 0.25) is 11.8 Å². The first-order valence-corrected chi connectivity index (χ1v) is 10.5. The van der Waals surface area contributed by atoms with Crippen LogP contribution in [0.25, 0.3) is 11.1 Å². The first kappa shape index (κ1) is 19.1. The van der Waals surface area contributed by atoms with Crippen molar-refractivity contribution < 1.29 is 19.1 Å². The van der Waals surface area contributed by atoms with E-state index in [0.717, 1.165) is 40.8 Å². The maximum Gasteiger partial charge on any atom is 0.415 e. The largest absolute Gasteiger partial charge is 0.447 e. The van der Waals surface area contributed by atoms with Crippen LogP contribution in [0.15, 0.2) is 36.4 Å². The highest BCUT2D eigenvalue weighted by Crippen LogP contribution is 2.48. The number of carbonyl (C=O) groups excluding carboxylic acids is 3. The molecule has 2 aliphatic heterocycles. The molecule has 2 heterocycles. The monoisotopic (exact) mass is 424 g/mol. The fourth-order valence-corrected chi connectivity index (χ4v) is 4.96. The Kier molecular flexibility index (Phi) is 4.36. The van der Waals surface area contributed by atoms with Crippen molar-refractivity contribution >= 4 is 35.2 Å². The summed E-state index contributed by atoms with van der Waals surface area (Å²) < 4.78 is 5.25. The first-order chi connectivity index (χ1) is 14.4. The Balaban J connectivity index is 1.48. The van der Waals surface area contributed by atoms with Gasteiger partial charge >= 0.3 is 6.09 Å². The van der Waals surface area contributed by atoms with Crippen molar-refractivity contribution in [1.82, 2.24) is 5.32 Å². The van der Waals surface area contributed by atoms with Crippen LogP contribution in [0.2, 0.25) is 5.02 Å². The second-order valence-electron chi connectivity index (χ2n) is 8.32. The summed E-state index contributed by atoms with van der Waals surface area (Å²) in [7, 11) is 0. The molecular weight excluding hydrogens is 404 g/mol. The highest BCUT2D eigenvalue weighted by Gasteiger charge is 2.57. The van der Waals surface area contributed by atoms with Crippen LogP contribution in [0.5, 0.6) is 0 Å². The van der Waals surface area contributed by atoms with Crippen LogP contribution in [-0.4, -0.2) is 30.1 Å². The van der Waals surface area contributed by atoms with Gasteiger partial charge in [0.05, 0.1) is 16.5 Å². The second kappa shape index (κ2) is 6.84. The van der Waals surface area contributed by atoms with E-state index in [9.17, 15) is 14.4 Å². The van der Waals surface area contributed by atoms with Crippen LogP contribution < -0.4 is 10.2 Å². The molecule has 0 aromatic heterocycles. The quantitative estimate of drug-likeness (QED) is 0.744. The second-order valence-corrected chi connectivity index (χ2v) is 8.70. The van der Waals surface area contributed by atoms with Crippen molar-refractivity contribution in [2.45, 2.75) is 44.1 Å². The number of cyclic esters (lactones) is 1. The Hall–Kier alpha value is -2.86. The number of carbonyl (C=O) groups is 3. The van der Waals surface area contributed by atoms with Crippen LogP contribution in [0.3, 0.4) is 0 Å². The normalized spacial score (nSPS) is 22.3. The lowest BCUT2D eigenvalue weighted by Crippen LogP contribution is -2.39. The number of aryl methyl sites for hydroxylation is 1. The van der Waals surface area contributed by atoms with Crippen molar-refractivity contribution in [2.24, 2.45) is 0 Å². The summed E-state index contributed by atoms with van der Waals surface area (Å²) in [5.41, 5.74) is 4.05. The molecule has 0 radical (unpaired) electrons. The third-order valence-corrected chi connectivity index (χ3v) is 6.78. The average molecular weight is 425 g/mol. The Morgan fingerprint density at radius 3 is 2.50 bits per heavy atom. The van der Waals surface area contributed by atoms with Crippen LogP contribution in [0.1, 0.15) is 42.7 Å². The zero-order valence-corrected chi connectivity index (χ0v) is 17.3. The highest BCUT2D eigenvalue weighted by molar-refractivity contribution is 6.34. The molecule has 3 fully saturated rings. The molecule has 7 heteroatoms. The molecule has 6 nitrogen and oxygen atoms in total. The molecule has 3 aliphatic rings. The van der Waals surface area contributed by atoms with E-state index in [1.165, 1.54) is 0 Å². The molecule has 1 N–H and O–H groups in total. The number of halogens is 1. The van der Waals surface area contributed by atoms with Crippen molar-refractivity contribution in [3.63, 3.8) is 0 Å². The summed E-state index contributed by atoms with van der Waals surface area (Å²) in [6, 6.07) is 11.6. The number of ether oxygens (including phenoxy) is 1. The molecule has 1 unspecified atom stereocenters. The molecule has 154 valence electrons. The predicted octanol–water partition coefficient (Wildman–Crippen LogP) is 4.32. The molecule has 0 bridgehead atoms. The number of imide groups is 1. The fraction of sp³-hybridized carbons (Fsp3) is 0.348. The molecule has 1 spiro atoms. The van der Waals surface area contributed by atoms with Crippen LogP contribution in [-0.2, 0) is 14.3 Å². The van der Waals surface area contributed by atoms with Gasteiger partial charge in [0, 0.05) is 17.7 Å². The van der Waals surface area contributed by atoms with Gasteiger partial charge in [-0.3, -0.25) is 19.8 Å². The maximum atomic E-state index is 12.4. The molecule has 2 aromatic carbocycles. The average Bonchev–Trinajstić information content (AvgIpc) is 3.42. The summed E-state index contributed by atoms with van der Waals surface area (Å²) >= 11 is 6.78. The number of hydrogen-bond donors (Lipinski definition) is 1. The summed E-state index contributed by atoms with van der Waals surface area (Å²) in [5, 5.41) is 2.94. The maximum absolute atomic E-state index is 12.4. The van der Waals surface area contributed by atoms with Crippen LogP contribution in [0.4, 0.5) is 10.5 Å². The van der Waals surface area contributed by atoms with E-state index >= 15 is 0 Å². The van der Waals surface area contributed by atoms with E-state index in [1.807, 2.05) is 43.3 Å². The number of nitrogens with zero attached hydrogens (tertiary/aromatic N) is 1. The Labute approximate surface area is 179 Å². The van der Waals surface area contributed by atoms with Crippen LogP contribution in [0, 0.1) is 6.92 Å². The minimum absolute atomic E-state index is 0.168. The van der Waals surface area contributed by atoms with Gasteiger partial charge in [0.1, 0.15) is 6.61 Å². The topological polar surface area (TPSA) is 75.7 Å². The van der Waals surface area contributed by atoms with Gasteiger partial charge in [0.15, 0.2) is 0 Å². The van der Waals surface area contributed by atoms with E-state index in [-0.39, 0.29) is 23.4 Å². The van der Waals surface area contributed by atoms with Gasteiger partial charge < -0.3 is 4.74 Å². The molecule has 1 aliphatic carbocycles. The Morgan fingerprint density at radius 1 is 1.10 bits per heavy atom. The molecule has 30 heavy (non-hydrogen) atoms. The summed E-state index contributed by atoms with van der Waals surface area (Å²) in [4.78, 5) is 37.9. The summed E-state index contributed by atoms with van der Waals surface area (Å²) in [5.74, 6) is -0.986. The number of rotatable bonds is 3. The Bertz CT molecular complexity index is 1080. The lowest BCUT2D eigenvalue weighted by atomic mass is 9.85. The zero-order valence-electron chi connectivity index (χ0n) is 16.5. The van der Waals surface area contributed by atoms with E-state index < -0.39 is 5.92 Å². The van der Waals surface area contributed by atoms with Crippen LogP contribution >= 0.6 is 11.6 Å². The molecule has 3 amide bonds. The van der Waals surface area contributed by atoms with Crippen molar-refractivity contribution in [3.8, 4) is 11.1 Å². The van der Waals surface area contributed by atoms with E-state index in [0.29, 0.717) is 24.5 Å². The minimum atomic E-state index is -0.441. The smallest absolute Gasteiger partial charge is 0.415 e. The zero-order chi connectivity index (χ0) is 21.0. The molecule has 1 saturated carbocycles. The van der Waals surface area contributed by atoms with Gasteiger partial charge in [-0.1, -0.05) is 35.9 Å². The van der Waals surface area contributed by atoms with E-state index in [4.69, 9.17) is 16.3 Å². The van der Waals surface area contributed by atoms with Crippen molar-refractivity contribution in [3.05, 3.63) is 52.5 Å². The highest BCUT2D eigenvalue weighted by atomic mass is 35.5. The number of piperidine rings is 1. The number of benzene rings is 2.